The molecule has 3 heteroatoms. The van der Waals surface area contributed by atoms with Crippen molar-refractivity contribution in [3.8, 4) is 0 Å². The average molecular weight is 186 g/mol. The van der Waals surface area contributed by atoms with Gasteiger partial charge < -0.3 is 10.6 Å². The van der Waals surface area contributed by atoms with E-state index in [1.54, 1.807) is 0 Å². The Bertz CT molecular complexity index is 448. The molecule has 0 spiro atoms. The Hall–Kier alpha value is -1.77. The van der Waals surface area contributed by atoms with Gasteiger partial charge in [0.15, 0.2) is 0 Å². The van der Waals surface area contributed by atoms with Crippen molar-refractivity contribution in [3.63, 3.8) is 0 Å². The Morgan fingerprint density at radius 2 is 2.07 bits per heavy atom. The molecule has 3 rings (SSSR count). The molecule has 0 atom stereocenters. The summed E-state index contributed by atoms with van der Waals surface area (Å²) in [6.45, 7) is 0.396. The Kier molecular flexibility index (Phi) is 1.42. The number of amides is 1. The van der Waals surface area contributed by atoms with Crippen LogP contribution in [-0.2, 0) is 11.2 Å². The van der Waals surface area contributed by atoms with Crippen molar-refractivity contribution in [1.29, 1.82) is 0 Å². The van der Waals surface area contributed by atoms with E-state index < -0.39 is 0 Å². The Morgan fingerprint density at radius 3 is 3.00 bits per heavy atom. The number of benzene rings is 1. The molecule has 0 aromatic heterocycles. The molecule has 2 N–H and O–H groups in total. The summed E-state index contributed by atoms with van der Waals surface area (Å²) >= 11 is 0. The Balaban J connectivity index is 2.11. The van der Waals surface area contributed by atoms with E-state index in [-0.39, 0.29) is 5.91 Å². The smallest absolute Gasteiger partial charge is 0.243 e. The van der Waals surface area contributed by atoms with Gasteiger partial charge in [0.25, 0.3) is 0 Å². The van der Waals surface area contributed by atoms with Crippen LogP contribution < -0.4 is 10.6 Å². The van der Waals surface area contributed by atoms with Gasteiger partial charge in [0, 0.05) is 17.7 Å². The van der Waals surface area contributed by atoms with Gasteiger partial charge in [-0.2, -0.15) is 0 Å². The van der Waals surface area contributed by atoms with Gasteiger partial charge in [0.2, 0.25) is 5.91 Å². The second kappa shape index (κ2) is 2.61. The quantitative estimate of drug-likeness (QED) is 0.624. The number of hydrogen-bond acceptors (Lipinski definition) is 2. The topological polar surface area (TPSA) is 41.1 Å². The minimum absolute atomic E-state index is 0.0421. The van der Waals surface area contributed by atoms with E-state index >= 15 is 0 Å². The third-order valence-electron chi connectivity index (χ3n) is 2.68. The van der Waals surface area contributed by atoms with Gasteiger partial charge in [-0.15, -0.1) is 0 Å². The van der Waals surface area contributed by atoms with Gasteiger partial charge in [-0.25, -0.2) is 0 Å². The zero-order valence-electron chi connectivity index (χ0n) is 7.63. The highest BCUT2D eigenvalue weighted by atomic mass is 16.2. The van der Waals surface area contributed by atoms with Crippen LogP contribution in [0, 0.1) is 0 Å². The van der Waals surface area contributed by atoms with Gasteiger partial charge in [-0.3, -0.25) is 4.79 Å². The van der Waals surface area contributed by atoms with Crippen molar-refractivity contribution in [3.05, 3.63) is 41.1 Å². The SMILES string of the molecule is O=C1CNC2=C(N1)c1ccccc1C2. The maximum atomic E-state index is 11.2. The first-order chi connectivity index (χ1) is 6.84. The summed E-state index contributed by atoms with van der Waals surface area (Å²) in [5.41, 5.74) is 4.55. The monoisotopic (exact) mass is 186 g/mol. The van der Waals surface area contributed by atoms with E-state index in [0.717, 1.165) is 23.4 Å². The van der Waals surface area contributed by atoms with E-state index in [1.807, 2.05) is 18.2 Å². The molecule has 1 heterocycles. The van der Waals surface area contributed by atoms with Crippen LogP contribution in [0.5, 0.6) is 0 Å². The van der Waals surface area contributed by atoms with E-state index in [0.29, 0.717) is 6.54 Å². The molecule has 1 aromatic rings. The summed E-state index contributed by atoms with van der Waals surface area (Å²) in [5, 5.41) is 6.06. The molecular weight excluding hydrogens is 176 g/mol. The molecular formula is C11H10N2O. The predicted octanol–water partition coefficient (Wildman–Crippen LogP) is 0.631. The molecule has 0 unspecified atom stereocenters. The van der Waals surface area contributed by atoms with Gasteiger partial charge >= 0.3 is 0 Å². The zero-order valence-corrected chi connectivity index (χ0v) is 7.63. The lowest BCUT2D eigenvalue weighted by Gasteiger charge is -2.17. The molecule has 2 aliphatic rings. The lowest BCUT2D eigenvalue weighted by atomic mass is 10.1. The van der Waals surface area contributed by atoms with Crippen molar-refractivity contribution < 1.29 is 4.79 Å². The fourth-order valence-corrected chi connectivity index (χ4v) is 2.02. The lowest BCUT2D eigenvalue weighted by molar-refractivity contribution is -0.119. The molecule has 0 bridgehead atoms. The molecule has 0 saturated heterocycles. The van der Waals surface area contributed by atoms with Crippen molar-refractivity contribution in [1.82, 2.24) is 10.6 Å². The number of nitrogens with one attached hydrogen (secondary N) is 2. The minimum Gasteiger partial charge on any atom is -0.378 e. The highest BCUT2D eigenvalue weighted by Crippen LogP contribution is 2.30. The molecule has 1 aliphatic carbocycles. The second-order valence-electron chi connectivity index (χ2n) is 3.59. The maximum absolute atomic E-state index is 11.2. The van der Waals surface area contributed by atoms with Crippen LogP contribution in [0.4, 0.5) is 0 Å². The van der Waals surface area contributed by atoms with Crippen LogP contribution in [0.25, 0.3) is 5.70 Å². The van der Waals surface area contributed by atoms with E-state index in [1.165, 1.54) is 5.56 Å². The van der Waals surface area contributed by atoms with Gasteiger partial charge in [-0.05, 0) is 5.56 Å². The minimum atomic E-state index is 0.0421. The van der Waals surface area contributed by atoms with E-state index in [9.17, 15) is 4.79 Å². The summed E-state index contributed by atoms with van der Waals surface area (Å²) in [7, 11) is 0. The first-order valence-corrected chi connectivity index (χ1v) is 4.70. The van der Waals surface area contributed by atoms with Gasteiger partial charge in [0.05, 0.1) is 12.2 Å². The number of hydrogen-bond donors (Lipinski definition) is 2. The van der Waals surface area contributed by atoms with Crippen molar-refractivity contribution in [2.24, 2.45) is 0 Å². The Morgan fingerprint density at radius 1 is 1.21 bits per heavy atom. The number of allylic oxidation sites excluding steroid dienone is 1. The summed E-state index contributed by atoms with van der Waals surface area (Å²) < 4.78 is 0. The van der Waals surface area contributed by atoms with Crippen LogP contribution in [-0.4, -0.2) is 12.5 Å². The summed E-state index contributed by atoms with van der Waals surface area (Å²) in [5.74, 6) is 0.0421. The van der Waals surface area contributed by atoms with Crippen molar-refractivity contribution in [2.45, 2.75) is 6.42 Å². The van der Waals surface area contributed by atoms with Gasteiger partial charge in [-0.1, -0.05) is 24.3 Å². The Labute approximate surface area is 81.8 Å². The van der Waals surface area contributed by atoms with Crippen molar-refractivity contribution in [2.75, 3.05) is 6.54 Å². The molecule has 1 aromatic carbocycles. The summed E-state index contributed by atoms with van der Waals surface area (Å²) in [4.78, 5) is 11.2. The second-order valence-corrected chi connectivity index (χ2v) is 3.59. The van der Waals surface area contributed by atoms with E-state index in [4.69, 9.17) is 0 Å². The van der Waals surface area contributed by atoms with Gasteiger partial charge in [0.1, 0.15) is 0 Å². The maximum Gasteiger partial charge on any atom is 0.243 e. The van der Waals surface area contributed by atoms with Crippen LogP contribution in [0.2, 0.25) is 0 Å². The highest BCUT2D eigenvalue weighted by Gasteiger charge is 2.25. The number of fused-ring (bicyclic) bond motifs is 2. The first-order valence-electron chi connectivity index (χ1n) is 4.70. The van der Waals surface area contributed by atoms with Crippen molar-refractivity contribution >= 4 is 11.6 Å². The van der Waals surface area contributed by atoms with Crippen LogP contribution >= 0.6 is 0 Å². The standard InChI is InChI=1S/C11H10N2O/c14-10-6-12-9-5-7-3-1-2-4-8(7)11(9)13-10/h1-4,12H,5-6H2,(H,13,14). The molecule has 14 heavy (non-hydrogen) atoms. The molecule has 3 nitrogen and oxygen atoms in total. The molecule has 0 radical (unpaired) electrons. The lowest BCUT2D eigenvalue weighted by Crippen LogP contribution is -2.38. The molecule has 70 valence electrons. The summed E-state index contributed by atoms with van der Waals surface area (Å²) in [6, 6.07) is 8.17. The molecule has 0 saturated carbocycles. The third-order valence-corrected chi connectivity index (χ3v) is 2.68. The van der Waals surface area contributed by atoms with Crippen LogP contribution in [0.1, 0.15) is 11.1 Å². The number of rotatable bonds is 0. The first kappa shape index (κ1) is 7.62. The molecule has 0 fully saturated rings. The number of carbonyl (C=O) groups is 1. The molecule has 1 amide bonds. The average Bonchev–Trinajstić information content (AvgIpc) is 2.56. The normalized spacial score (nSPS) is 18.4. The molecule has 1 aliphatic heterocycles. The number of carbonyl (C=O) groups excluding carboxylic acids is 1. The highest BCUT2D eigenvalue weighted by molar-refractivity contribution is 5.93. The van der Waals surface area contributed by atoms with E-state index in [2.05, 4.69) is 16.7 Å². The largest absolute Gasteiger partial charge is 0.378 e. The van der Waals surface area contributed by atoms with Crippen LogP contribution in [0.3, 0.4) is 0 Å². The fraction of sp³-hybridized carbons (Fsp3) is 0.182. The summed E-state index contributed by atoms with van der Waals surface area (Å²) in [6.07, 6.45) is 0.909. The zero-order chi connectivity index (χ0) is 9.54. The fourth-order valence-electron chi connectivity index (χ4n) is 2.02. The third kappa shape index (κ3) is 0.954. The van der Waals surface area contributed by atoms with Crippen LogP contribution in [0.15, 0.2) is 30.0 Å². The predicted molar refractivity (Wildman–Crippen MR) is 53.2 cm³/mol.